The summed E-state index contributed by atoms with van der Waals surface area (Å²) in [4.78, 5) is 0. The van der Waals surface area contributed by atoms with E-state index in [1.54, 1.807) is 0 Å². The van der Waals surface area contributed by atoms with Gasteiger partial charge in [0.15, 0.2) is 0 Å². The number of aliphatic hydroxyl groups is 1. The van der Waals surface area contributed by atoms with Crippen molar-refractivity contribution in [3.63, 3.8) is 0 Å². The highest BCUT2D eigenvalue weighted by Gasteiger charge is 2.12. The second-order valence-corrected chi connectivity index (χ2v) is 4.14. The lowest BCUT2D eigenvalue weighted by Gasteiger charge is -2.10. The molecule has 0 radical (unpaired) electrons. The van der Waals surface area contributed by atoms with Gasteiger partial charge in [0.05, 0.1) is 0 Å². The lowest BCUT2D eigenvalue weighted by atomic mass is 10.2. The molecule has 1 rings (SSSR count). The summed E-state index contributed by atoms with van der Waals surface area (Å²) in [6.45, 7) is 3.80. The van der Waals surface area contributed by atoms with E-state index < -0.39 is 0 Å². The average Bonchev–Trinajstić information content (AvgIpc) is 2.69. The molecule has 0 aromatic rings. The summed E-state index contributed by atoms with van der Waals surface area (Å²) < 4.78 is 0. The maximum absolute atomic E-state index is 8.59. The van der Waals surface area contributed by atoms with Gasteiger partial charge >= 0.3 is 0 Å². The van der Waals surface area contributed by atoms with Crippen LogP contribution in [0.2, 0.25) is 0 Å². The molecule has 1 fully saturated rings. The third-order valence-corrected chi connectivity index (χ3v) is 2.81. The number of aliphatic hydroxyl groups excluding tert-OH is 1. The first kappa shape index (κ1) is 12.0. The van der Waals surface area contributed by atoms with Crippen LogP contribution in [0.25, 0.3) is 0 Å². The summed E-state index contributed by atoms with van der Waals surface area (Å²) in [6.07, 6.45) is 7.28. The predicted molar refractivity (Wildman–Crippen MR) is 59.4 cm³/mol. The normalized spacial score (nSPS) is 21.6. The number of unbranched alkanes of at least 4 members (excludes halogenated alkanes) is 3. The molecule has 0 saturated carbocycles. The van der Waals surface area contributed by atoms with Crippen LogP contribution in [0.5, 0.6) is 0 Å². The Bertz CT molecular complexity index is 124. The fourth-order valence-corrected chi connectivity index (χ4v) is 1.92. The summed E-state index contributed by atoms with van der Waals surface area (Å²) in [6, 6.07) is 0.715. The summed E-state index contributed by atoms with van der Waals surface area (Å²) in [7, 11) is 0. The fourth-order valence-electron chi connectivity index (χ4n) is 1.92. The van der Waals surface area contributed by atoms with E-state index in [0.29, 0.717) is 12.6 Å². The van der Waals surface area contributed by atoms with Gasteiger partial charge in [0.1, 0.15) is 0 Å². The predicted octanol–water partition coefficient (Wildman–Crippen LogP) is 0.881. The van der Waals surface area contributed by atoms with Crippen LogP contribution in [-0.2, 0) is 0 Å². The van der Waals surface area contributed by atoms with Gasteiger partial charge in [0.2, 0.25) is 0 Å². The minimum Gasteiger partial charge on any atom is -0.396 e. The van der Waals surface area contributed by atoms with E-state index in [1.807, 2.05) is 0 Å². The van der Waals surface area contributed by atoms with Gasteiger partial charge in [-0.15, -0.1) is 0 Å². The monoisotopic (exact) mass is 200 g/mol. The largest absolute Gasteiger partial charge is 0.396 e. The lowest BCUT2D eigenvalue weighted by molar-refractivity contribution is 0.282. The van der Waals surface area contributed by atoms with Crippen LogP contribution in [0.15, 0.2) is 0 Å². The zero-order valence-corrected chi connectivity index (χ0v) is 9.10. The molecular weight excluding hydrogens is 176 g/mol. The van der Waals surface area contributed by atoms with Gasteiger partial charge in [0, 0.05) is 19.2 Å². The van der Waals surface area contributed by atoms with Crippen molar-refractivity contribution in [1.29, 1.82) is 0 Å². The molecule has 1 aliphatic heterocycles. The van der Waals surface area contributed by atoms with E-state index in [1.165, 1.54) is 38.6 Å². The molecule has 0 bridgehead atoms. The van der Waals surface area contributed by atoms with E-state index in [-0.39, 0.29) is 0 Å². The zero-order valence-electron chi connectivity index (χ0n) is 9.10. The Morgan fingerprint density at radius 3 is 2.79 bits per heavy atom. The highest BCUT2D eigenvalue weighted by Crippen LogP contribution is 2.03. The van der Waals surface area contributed by atoms with Crippen molar-refractivity contribution < 1.29 is 5.11 Å². The molecule has 1 unspecified atom stereocenters. The van der Waals surface area contributed by atoms with E-state index in [2.05, 4.69) is 10.6 Å². The summed E-state index contributed by atoms with van der Waals surface area (Å²) in [5, 5.41) is 15.5. The molecule has 0 spiro atoms. The number of hydrogen-bond acceptors (Lipinski definition) is 3. The second-order valence-electron chi connectivity index (χ2n) is 4.14. The van der Waals surface area contributed by atoms with Crippen LogP contribution in [0.4, 0.5) is 0 Å². The molecular formula is C11H24N2O. The molecule has 14 heavy (non-hydrogen) atoms. The first-order chi connectivity index (χ1) is 6.93. The molecule has 3 N–H and O–H groups in total. The summed E-state index contributed by atoms with van der Waals surface area (Å²) in [5.41, 5.74) is 0. The molecule has 0 amide bonds. The molecule has 1 saturated heterocycles. The number of hydrogen-bond donors (Lipinski definition) is 3. The Morgan fingerprint density at radius 2 is 2.07 bits per heavy atom. The quantitative estimate of drug-likeness (QED) is 0.510. The first-order valence-electron chi connectivity index (χ1n) is 5.98. The van der Waals surface area contributed by atoms with E-state index in [0.717, 1.165) is 19.5 Å². The standard InChI is InChI=1S/C11H24N2O/c14-9-4-2-1-3-7-12-10-11-6-5-8-13-11/h11-14H,1-10H2. The van der Waals surface area contributed by atoms with Gasteiger partial charge in [-0.2, -0.15) is 0 Å². The molecule has 84 valence electrons. The SMILES string of the molecule is OCCCCCCNCC1CCCN1. The van der Waals surface area contributed by atoms with Gasteiger partial charge in [-0.3, -0.25) is 0 Å². The molecule has 1 atom stereocenters. The first-order valence-corrected chi connectivity index (χ1v) is 5.98. The number of rotatable bonds is 8. The molecule has 1 heterocycles. The third kappa shape index (κ3) is 5.58. The number of nitrogens with one attached hydrogen (secondary N) is 2. The Morgan fingerprint density at radius 1 is 1.21 bits per heavy atom. The van der Waals surface area contributed by atoms with Crippen molar-refractivity contribution in [2.75, 3.05) is 26.2 Å². The summed E-state index contributed by atoms with van der Waals surface area (Å²) in [5.74, 6) is 0. The minimum absolute atomic E-state index is 0.347. The van der Waals surface area contributed by atoms with Crippen molar-refractivity contribution >= 4 is 0 Å². The highest BCUT2D eigenvalue weighted by molar-refractivity contribution is 4.75. The molecule has 0 aromatic carbocycles. The maximum Gasteiger partial charge on any atom is 0.0431 e. The van der Waals surface area contributed by atoms with E-state index >= 15 is 0 Å². The van der Waals surface area contributed by atoms with Gasteiger partial charge in [-0.05, 0) is 38.8 Å². The van der Waals surface area contributed by atoms with Crippen LogP contribution in [0, 0.1) is 0 Å². The van der Waals surface area contributed by atoms with Crippen molar-refractivity contribution in [2.45, 2.75) is 44.6 Å². The van der Waals surface area contributed by atoms with Crippen molar-refractivity contribution in [3.8, 4) is 0 Å². The van der Waals surface area contributed by atoms with Crippen LogP contribution in [0.3, 0.4) is 0 Å². The van der Waals surface area contributed by atoms with Crippen molar-refractivity contribution in [3.05, 3.63) is 0 Å². The van der Waals surface area contributed by atoms with Crippen LogP contribution in [-0.4, -0.2) is 37.4 Å². The Hall–Kier alpha value is -0.120. The van der Waals surface area contributed by atoms with Crippen LogP contribution in [0.1, 0.15) is 38.5 Å². The van der Waals surface area contributed by atoms with E-state index in [9.17, 15) is 0 Å². The van der Waals surface area contributed by atoms with Gasteiger partial charge in [-0.1, -0.05) is 12.8 Å². The molecule has 0 aliphatic carbocycles. The molecule has 3 nitrogen and oxygen atoms in total. The van der Waals surface area contributed by atoms with Gasteiger partial charge in [0.25, 0.3) is 0 Å². The molecule has 1 aliphatic rings. The third-order valence-electron chi connectivity index (χ3n) is 2.81. The van der Waals surface area contributed by atoms with Crippen molar-refractivity contribution in [2.24, 2.45) is 0 Å². The fraction of sp³-hybridized carbons (Fsp3) is 1.00. The van der Waals surface area contributed by atoms with Gasteiger partial charge < -0.3 is 15.7 Å². The minimum atomic E-state index is 0.347. The lowest BCUT2D eigenvalue weighted by Crippen LogP contribution is -2.34. The highest BCUT2D eigenvalue weighted by atomic mass is 16.2. The summed E-state index contributed by atoms with van der Waals surface area (Å²) >= 11 is 0. The van der Waals surface area contributed by atoms with Crippen molar-refractivity contribution in [1.82, 2.24) is 10.6 Å². The van der Waals surface area contributed by atoms with Crippen LogP contribution < -0.4 is 10.6 Å². The average molecular weight is 200 g/mol. The Balaban J connectivity index is 1.75. The molecule has 0 aromatic heterocycles. The van der Waals surface area contributed by atoms with Gasteiger partial charge in [-0.25, -0.2) is 0 Å². The van der Waals surface area contributed by atoms with E-state index in [4.69, 9.17) is 5.11 Å². The van der Waals surface area contributed by atoms with Crippen LogP contribution >= 0.6 is 0 Å². The smallest absolute Gasteiger partial charge is 0.0431 e. The topological polar surface area (TPSA) is 44.3 Å². The Labute approximate surface area is 87.3 Å². The maximum atomic E-state index is 8.59. The Kier molecular flexibility index (Phi) is 7.01. The second kappa shape index (κ2) is 8.21. The zero-order chi connectivity index (χ0) is 10.1. The molecule has 3 heteroatoms.